The lowest BCUT2D eigenvalue weighted by atomic mass is 10.4. The minimum absolute atomic E-state index is 0.0774. The maximum absolute atomic E-state index is 11.8. The molecule has 0 bridgehead atoms. The van der Waals surface area contributed by atoms with E-state index in [0.29, 0.717) is 10.9 Å². The fourth-order valence-corrected chi connectivity index (χ4v) is 2.39. The van der Waals surface area contributed by atoms with Crippen LogP contribution < -0.4 is 11.5 Å². The lowest BCUT2D eigenvalue weighted by molar-refractivity contribution is -0.127. The number of nitrogen functional groups attached to an aromatic ring is 2. The van der Waals surface area contributed by atoms with E-state index < -0.39 is 0 Å². The van der Waals surface area contributed by atoms with Gasteiger partial charge in [-0.2, -0.15) is 15.0 Å². The molecule has 4 N–H and O–H groups in total. The number of likely N-dealkylation sites (tertiary alicyclic amines) is 1. The van der Waals surface area contributed by atoms with Crippen LogP contribution in [-0.2, 0) is 4.79 Å². The van der Waals surface area contributed by atoms with E-state index in [9.17, 15) is 4.79 Å². The number of hydrogen-bond donors (Lipinski definition) is 2. The third-order valence-electron chi connectivity index (χ3n) is 2.43. The first-order valence-corrected chi connectivity index (χ1v) is 6.31. The third-order valence-corrected chi connectivity index (χ3v) is 3.27. The van der Waals surface area contributed by atoms with Gasteiger partial charge in [-0.05, 0) is 12.8 Å². The molecule has 2 heterocycles. The molecular weight excluding hydrogens is 240 g/mol. The zero-order valence-corrected chi connectivity index (χ0v) is 10.1. The molecule has 92 valence electrons. The first kappa shape index (κ1) is 11.9. The molecule has 1 aromatic heterocycles. The van der Waals surface area contributed by atoms with Crippen LogP contribution in [0.3, 0.4) is 0 Å². The highest BCUT2D eigenvalue weighted by atomic mass is 32.2. The number of amides is 1. The Labute approximate surface area is 103 Å². The Morgan fingerprint density at radius 1 is 1.18 bits per heavy atom. The molecule has 1 aliphatic rings. The number of thioether (sulfide) groups is 1. The summed E-state index contributed by atoms with van der Waals surface area (Å²) in [5.41, 5.74) is 10.9. The molecule has 17 heavy (non-hydrogen) atoms. The zero-order valence-electron chi connectivity index (χ0n) is 9.30. The topological polar surface area (TPSA) is 111 Å². The fraction of sp³-hybridized carbons (Fsp3) is 0.556. The summed E-state index contributed by atoms with van der Waals surface area (Å²) in [6.07, 6.45) is 2.17. The van der Waals surface area contributed by atoms with Crippen LogP contribution >= 0.6 is 11.8 Å². The molecule has 1 saturated heterocycles. The number of carbonyl (C=O) groups excluding carboxylic acids is 1. The molecule has 1 aliphatic heterocycles. The van der Waals surface area contributed by atoms with E-state index in [1.807, 2.05) is 4.90 Å². The summed E-state index contributed by atoms with van der Waals surface area (Å²) in [4.78, 5) is 25.1. The SMILES string of the molecule is Nc1nc(N)nc(SCC(=O)N2CCCC2)n1. The monoisotopic (exact) mass is 254 g/mol. The molecule has 7 nitrogen and oxygen atoms in total. The van der Waals surface area contributed by atoms with E-state index in [4.69, 9.17) is 11.5 Å². The molecule has 2 rings (SSSR count). The van der Waals surface area contributed by atoms with E-state index in [1.54, 1.807) is 0 Å². The second-order valence-corrected chi connectivity index (χ2v) is 4.65. The minimum Gasteiger partial charge on any atom is -0.368 e. The number of nitrogens with two attached hydrogens (primary N) is 2. The van der Waals surface area contributed by atoms with Crippen LogP contribution in [0, 0.1) is 0 Å². The molecule has 1 amide bonds. The molecular formula is C9H14N6OS. The van der Waals surface area contributed by atoms with Crippen molar-refractivity contribution in [1.82, 2.24) is 19.9 Å². The van der Waals surface area contributed by atoms with Gasteiger partial charge < -0.3 is 16.4 Å². The molecule has 0 spiro atoms. The Balaban J connectivity index is 1.90. The van der Waals surface area contributed by atoms with Gasteiger partial charge >= 0.3 is 0 Å². The van der Waals surface area contributed by atoms with Gasteiger partial charge in [0.25, 0.3) is 0 Å². The number of carbonyl (C=O) groups is 1. The summed E-state index contributed by atoms with van der Waals surface area (Å²) in [5, 5.41) is 0.391. The summed E-state index contributed by atoms with van der Waals surface area (Å²) in [7, 11) is 0. The second kappa shape index (κ2) is 5.17. The molecule has 0 aromatic carbocycles. The summed E-state index contributed by atoms with van der Waals surface area (Å²) < 4.78 is 0. The highest BCUT2D eigenvalue weighted by Crippen LogP contribution is 2.16. The lowest BCUT2D eigenvalue weighted by Gasteiger charge is -2.14. The molecule has 1 fully saturated rings. The van der Waals surface area contributed by atoms with Gasteiger partial charge in [0, 0.05) is 13.1 Å². The molecule has 0 atom stereocenters. The van der Waals surface area contributed by atoms with Crippen molar-refractivity contribution in [2.24, 2.45) is 0 Å². The highest BCUT2D eigenvalue weighted by Gasteiger charge is 2.18. The van der Waals surface area contributed by atoms with E-state index >= 15 is 0 Å². The Bertz CT molecular complexity index is 400. The smallest absolute Gasteiger partial charge is 0.233 e. The van der Waals surface area contributed by atoms with Gasteiger partial charge in [-0.25, -0.2) is 0 Å². The third kappa shape index (κ3) is 3.19. The van der Waals surface area contributed by atoms with Gasteiger partial charge in [-0.15, -0.1) is 0 Å². The van der Waals surface area contributed by atoms with Gasteiger partial charge in [-0.3, -0.25) is 4.79 Å². The van der Waals surface area contributed by atoms with Gasteiger partial charge in [0.05, 0.1) is 5.75 Å². The largest absolute Gasteiger partial charge is 0.368 e. The average Bonchev–Trinajstić information content (AvgIpc) is 2.78. The molecule has 8 heteroatoms. The van der Waals surface area contributed by atoms with Crippen molar-refractivity contribution in [2.75, 3.05) is 30.3 Å². The van der Waals surface area contributed by atoms with Crippen molar-refractivity contribution in [3.8, 4) is 0 Å². The summed E-state index contributed by atoms with van der Waals surface area (Å²) in [5.74, 6) is 0.565. The Morgan fingerprint density at radius 2 is 1.76 bits per heavy atom. The zero-order chi connectivity index (χ0) is 12.3. The van der Waals surface area contributed by atoms with Crippen molar-refractivity contribution < 1.29 is 4.79 Å². The first-order valence-electron chi connectivity index (χ1n) is 5.33. The van der Waals surface area contributed by atoms with Crippen molar-refractivity contribution >= 4 is 29.6 Å². The second-order valence-electron chi connectivity index (χ2n) is 3.71. The van der Waals surface area contributed by atoms with E-state index in [-0.39, 0.29) is 17.8 Å². The predicted molar refractivity (Wildman–Crippen MR) is 65.2 cm³/mol. The van der Waals surface area contributed by atoms with Crippen molar-refractivity contribution in [1.29, 1.82) is 0 Å². The van der Waals surface area contributed by atoms with Gasteiger partial charge in [0.2, 0.25) is 17.8 Å². The maximum atomic E-state index is 11.8. The molecule has 1 aromatic rings. The van der Waals surface area contributed by atoms with Crippen LogP contribution in [0.15, 0.2) is 5.16 Å². The maximum Gasteiger partial charge on any atom is 0.233 e. The van der Waals surface area contributed by atoms with Crippen LogP contribution in [0.4, 0.5) is 11.9 Å². The molecule has 0 aliphatic carbocycles. The van der Waals surface area contributed by atoms with Gasteiger partial charge in [0.15, 0.2) is 5.16 Å². The minimum atomic E-state index is 0.0774. The van der Waals surface area contributed by atoms with Crippen molar-refractivity contribution in [2.45, 2.75) is 18.0 Å². The Kier molecular flexibility index (Phi) is 3.62. The van der Waals surface area contributed by atoms with Crippen LogP contribution in [0.1, 0.15) is 12.8 Å². The van der Waals surface area contributed by atoms with Crippen molar-refractivity contribution in [3.63, 3.8) is 0 Å². The van der Waals surface area contributed by atoms with Crippen LogP contribution in [-0.4, -0.2) is 44.6 Å². The van der Waals surface area contributed by atoms with Crippen LogP contribution in [0.5, 0.6) is 0 Å². The molecule has 0 saturated carbocycles. The van der Waals surface area contributed by atoms with E-state index in [2.05, 4.69) is 15.0 Å². The summed E-state index contributed by atoms with van der Waals surface area (Å²) >= 11 is 1.23. The van der Waals surface area contributed by atoms with Gasteiger partial charge in [0.1, 0.15) is 0 Å². The van der Waals surface area contributed by atoms with Crippen molar-refractivity contribution in [3.05, 3.63) is 0 Å². The number of nitrogens with zero attached hydrogens (tertiary/aromatic N) is 4. The van der Waals surface area contributed by atoms with E-state index in [0.717, 1.165) is 25.9 Å². The number of hydrogen-bond acceptors (Lipinski definition) is 7. The van der Waals surface area contributed by atoms with Crippen LogP contribution in [0.25, 0.3) is 0 Å². The lowest BCUT2D eigenvalue weighted by Crippen LogP contribution is -2.29. The quantitative estimate of drug-likeness (QED) is 0.715. The van der Waals surface area contributed by atoms with Gasteiger partial charge in [-0.1, -0.05) is 11.8 Å². The number of aromatic nitrogens is 3. The predicted octanol–water partition coefficient (Wildman–Crippen LogP) is -0.250. The number of anilines is 2. The standard InChI is InChI=1S/C9H14N6OS/c10-7-12-8(11)14-9(13-7)17-5-6(16)15-3-1-2-4-15/h1-5H2,(H4,10,11,12,13,14). The normalized spacial score (nSPS) is 15.2. The number of rotatable bonds is 3. The molecule has 0 radical (unpaired) electrons. The fourth-order valence-electron chi connectivity index (χ4n) is 1.64. The van der Waals surface area contributed by atoms with Crippen LogP contribution in [0.2, 0.25) is 0 Å². The first-order chi connectivity index (χ1) is 8.15. The Hall–Kier alpha value is -1.57. The average molecular weight is 254 g/mol. The summed E-state index contributed by atoms with van der Waals surface area (Å²) in [6, 6.07) is 0. The summed E-state index contributed by atoms with van der Waals surface area (Å²) in [6.45, 7) is 1.70. The Morgan fingerprint density at radius 3 is 2.35 bits per heavy atom. The van der Waals surface area contributed by atoms with E-state index in [1.165, 1.54) is 11.8 Å². The molecule has 0 unspecified atom stereocenters. The highest BCUT2D eigenvalue weighted by molar-refractivity contribution is 7.99.